The molecule has 1 aromatic rings. The Morgan fingerprint density at radius 2 is 1.76 bits per heavy atom. The maximum absolute atomic E-state index is 5.91. The van der Waals surface area contributed by atoms with Gasteiger partial charge in [-0.25, -0.2) is 0 Å². The van der Waals surface area contributed by atoms with Crippen LogP contribution in [0.2, 0.25) is 0 Å². The molecule has 2 aliphatic rings. The van der Waals surface area contributed by atoms with Crippen molar-refractivity contribution in [2.45, 2.75) is 116 Å². The van der Waals surface area contributed by atoms with Crippen LogP contribution in [0.4, 0.5) is 0 Å². The lowest BCUT2D eigenvalue weighted by Gasteiger charge is -2.38. The van der Waals surface area contributed by atoms with Crippen molar-refractivity contribution >= 4 is 0 Å². The van der Waals surface area contributed by atoms with Gasteiger partial charge in [-0.3, -0.25) is 0 Å². The largest absolute Gasteiger partial charge is 0.494 e. The van der Waals surface area contributed by atoms with Crippen molar-refractivity contribution in [1.29, 1.82) is 0 Å². The summed E-state index contributed by atoms with van der Waals surface area (Å²) < 4.78 is 5.91. The minimum atomic E-state index is 0.626. The standard InChI is InChI=1S/C28H44O/c1-3-5-22-29-27-16-14-25(15-17-27)26(23-24-12-8-6-9-13-24)18-21-28(4-2)19-10-7-11-20-28/h12,14-17,26H,3-11,13,18-23H2,1-2H3. The number of rotatable bonds is 11. The lowest BCUT2D eigenvalue weighted by atomic mass is 9.68. The molecule has 0 aliphatic heterocycles. The minimum Gasteiger partial charge on any atom is -0.494 e. The number of benzene rings is 1. The zero-order valence-electron chi connectivity index (χ0n) is 19.2. The topological polar surface area (TPSA) is 9.23 Å². The molecule has 1 unspecified atom stereocenters. The van der Waals surface area contributed by atoms with E-state index in [1.165, 1.54) is 95.5 Å². The van der Waals surface area contributed by atoms with Gasteiger partial charge in [0.05, 0.1) is 6.61 Å². The predicted octanol–water partition coefficient (Wildman–Crippen LogP) is 8.98. The van der Waals surface area contributed by atoms with Crippen molar-refractivity contribution in [2.24, 2.45) is 5.41 Å². The molecule has 0 bridgehead atoms. The number of allylic oxidation sites excluding steroid dienone is 2. The van der Waals surface area contributed by atoms with E-state index in [-0.39, 0.29) is 0 Å². The fourth-order valence-corrected chi connectivity index (χ4v) is 5.53. The second-order valence-electron chi connectivity index (χ2n) is 9.73. The van der Waals surface area contributed by atoms with Gasteiger partial charge in [0.25, 0.3) is 0 Å². The summed E-state index contributed by atoms with van der Waals surface area (Å²) in [6.07, 6.45) is 23.0. The molecule has 0 saturated heterocycles. The first-order valence-corrected chi connectivity index (χ1v) is 12.7. The second kappa shape index (κ2) is 11.8. The Labute approximate surface area is 180 Å². The van der Waals surface area contributed by atoms with E-state index >= 15 is 0 Å². The van der Waals surface area contributed by atoms with Gasteiger partial charge >= 0.3 is 0 Å². The van der Waals surface area contributed by atoms with Crippen LogP contribution in [0, 0.1) is 5.41 Å². The molecular weight excluding hydrogens is 352 g/mol. The van der Waals surface area contributed by atoms with Crippen molar-refractivity contribution < 1.29 is 4.74 Å². The summed E-state index contributed by atoms with van der Waals surface area (Å²) in [4.78, 5) is 0. The Bertz CT molecular complexity index is 606. The van der Waals surface area contributed by atoms with Crippen LogP contribution in [0.25, 0.3) is 0 Å². The maximum Gasteiger partial charge on any atom is 0.119 e. The normalized spacial score (nSPS) is 20.1. The van der Waals surface area contributed by atoms with Gasteiger partial charge < -0.3 is 4.74 Å². The summed E-state index contributed by atoms with van der Waals surface area (Å²) >= 11 is 0. The monoisotopic (exact) mass is 396 g/mol. The molecule has 1 heteroatoms. The molecule has 0 aromatic heterocycles. The molecule has 1 aromatic carbocycles. The Kier molecular flexibility index (Phi) is 9.15. The van der Waals surface area contributed by atoms with E-state index < -0.39 is 0 Å². The lowest BCUT2D eigenvalue weighted by Crippen LogP contribution is -2.24. The van der Waals surface area contributed by atoms with Crippen molar-refractivity contribution in [1.82, 2.24) is 0 Å². The molecule has 0 N–H and O–H groups in total. The number of ether oxygens (including phenoxy) is 1. The van der Waals surface area contributed by atoms with Crippen molar-refractivity contribution in [3.05, 3.63) is 41.5 Å². The van der Waals surface area contributed by atoms with Gasteiger partial charge in [0.15, 0.2) is 0 Å². The quantitative estimate of drug-likeness (QED) is 0.268. The first-order valence-electron chi connectivity index (χ1n) is 12.7. The van der Waals surface area contributed by atoms with E-state index in [0.29, 0.717) is 11.3 Å². The van der Waals surface area contributed by atoms with E-state index in [0.717, 1.165) is 18.8 Å². The van der Waals surface area contributed by atoms with Crippen LogP contribution in [-0.4, -0.2) is 6.61 Å². The molecule has 1 nitrogen and oxygen atoms in total. The summed E-state index contributed by atoms with van der Waals surface area (Å²) in [6.45, 7) is 5.49. The molecule has 1 fully saturated rings. The minimum absolute atomic E-state index is 0.626. The van der Waals surface area contributed by atoms with Crippen LogP contribution in [0.3, 0.4) is 0 Å². The van der Waals surface area contributed by atoms with Crippen molar-refractivity contribution in [3.63, 3.8) is 0 Å². The molecule has 1 saturated carbocycles. The summed E-state index contributed by atoms with van der Waals surface area (Å²) in [6, 6.07) is 9.14. The van der Waals surface area contributed by atoms with Crippen LogP contribution in [0.1, 0.15) is 122 Å². The third kappa shape index (κ3) is 6.90. The number of hydrogen-bond acceptors (Lipinski definition) is 1. The summed E-state index contributed by atoms with van der Waals surface area (Å²) in [5, 5.41) is 0. The van der Waals surface area contributed by atoms with E-state index in [1.54, 1.807) is 5.57 Å². The van der Waals surface area contributed by atoms with Gasteiger partial charge in [-0.05, 0) is 93.2 Å². The molecule has 0 heterocycles. The van der Waals surface area contributed by atoms with Crippen LogP contribution in [0.15, 0.2) is 35.9 Å². The van der Waals surface area contributed by atoms with Gasteiger partial charge in [-0.15, -0.1) is 0 Å². The van der Waals surface area contributed by atoms with Gasteiger partial charge in [-0.2, -0.15) is 0 Å². The molecule has 0 spiro atoms. The van der Waals surface area contributed by atoms with E-state index in [9.17, 15) is 0 Å². The highest BCUT2D eigenvalue weighted by Crippen LogP contribution is 2.45. The molecular formula is C28H44O. The molecule has 1 atom stereocenters. The summed E-state index contributed by atoms with van der Waals surface area (Å²) in [5.41, 5.74) is 3.88. The smallest absolute Gasteiger partial charge is 0.119 e. The Hall–Kier alpha value is -1.24. The maximum atomic E-state index is 5.91. The molecule has 162 valence electrons. The first-order chi connectivity index (χ1) is 14.2. The molecule has 0 radical (unpaired) electrons. The predicted molar refractivity (Wildman–Crippen MR) is 126 cm³/mol. The average Bonchev–Trinajstić information content (AvgIpc) is 2.79. The third-order valence-electron chi connectivity index (χ3n) is 7.70. The Morgan fingerprint density at radius 3 is 2.41 bits per heavy atom. The van der Waals surface area contributed by atoms with Crippen LogP contribution >= 0.6 is 0 Å². The zero-order chi connectivity index (χ0) is 20.4. The fraction of sp³-hybridized carbons (Fsp3) is 0.714. The van der Waals surface area contributed by atoms with Gasteiger partial charge in [0, 0.05) is 0 Å². The van der Waals surface area contributed by atoms with Gasteiger partial charge in [0.2, 0.25) is 0 Å². The van der Waals surface area contributed by atoms with Crippen molar-refractivity contribution in [2.75, 3.05) is 6.61 Å². The SMILES string of the molecule is CCCCOc1ccc(C(CCC2(CC)CCCCC2)CC2=CCCCC2)cc1. The van der Waals surface area contributed by atoms with Crippen LogP contribution in [0.5, 0.6) is 5.75 Å². The highest BCUT2D eigenvalue weighted by molar-refractivity contribution is 5.30. The highest BCUT2D eigenvalue weighted by Gasteiger charge is 2.31. The molecule has 2 aliphatic carbocycles. The second-order valence-corrected chi connectivity index (χ2v) is 9.73. The van der Waals surface area contributed by atoms with Gasteiger partial charge in [0.1, 0.15) is 5.75 Å². The Balaban J connectivity index is 1.67. The van der Waals surface area contributed by atoms with Crippen molar-refractivity contribution in [3.8, 4) is 5.75 Å². The van der Waals surface area contributed by atoms with Crippen LogP contribution < -0.4 is 4.74 Å². The number of hydrogen-bond donors (Lipinski definition) is 0. The lowest BCUT2D eigenvalue weighted by molar-refractivity contribution is 0.156. The summed E-state index contributed by atoms with van der Waals surface area (Å²) in [7, 11) is 0. The highest BCUT2D eigenvalue weighted by atomic mass is 16.5. The number of unbranched alkanes of at least 4 members (excludes halogenated alkanes) is 1. The first kappa shape index (κ1) is 22.4. The van der Waals surface area contributed by atoms with Gasteiger partial charge in [-0.1, -0.05) is 69.7 Å². The van der Waals surface area contributed by atoms with E-state index in [2.05, 4.69) is 44.2 Å². The molecule has 3 rings (SSSR count). The zero-order valence-corrected chi connectivity index (χ0v) is 19.2. The Morgan fingerprint density at radius 1 is 0.966 bits per heavy atom. The van der Waals surface area contributed by atoms with E-state index in [1.807, 2.05) is 0 Å². The third-order valence-corrected chi connectivity index (χ3v) is 7.70. The van der Waals surface area contributed by atoms with E-state index in [4.69, 9.17) is 4.74 Å². The fourth-order valence-electron chi connectivity index (χ4n) is 5.53. The average molecular weight is 397 g/mol. The molecule has 0 amide bonds. The summed E-state index contributed by atoms with van der Waals surface area (Å²) in [5.74, 6) is 1.71. The molecule has 29 heavy (non-hydrogen) atoms. The van der Waals surface area contributed by atoms with Crippen LogP contribution in [-0.2, 0) is 0 Å².